The van der Waals surface area contributed by atoms with Gasteiger partial charge in [0, 0.05) is 0 Å². The molecule has 16 heavy (non-hydrogen) atoms. The highest BCUT2D eigenvalue weighted by Crippen LogP contribution is 2.43. The molecule has 3 aliphatic rings. The lowest BCUT2D eigenvalue weighted by molar-refractivity contribution is 0.0180. The molecule has 0 unspecified atom stereocenters. The summed E-state index contributed by atoms with van der Waals surface area (Å²) in [5.74, 6) is 0. The predicted octanol–water partition coefficient (Wildman–Crippen LogP) is 4.22. The van der Waals surface area contributed by atoms with E-state index in [1.54, 1.807) is 0 Å². The number of nitrogens with zero attached hydrogens (tertiary/aromatic N) is 1. The third-order valence-corrected chi connectivity index (χ3v) is 4.94. The number of hydrogen-bond donors (Lipinski definition) is 0. The van der Waals surface area contributed by atoms with Gasteiger partial charge in [-0.05, 0) is 50.7 Å². The summed E-state index contributed by atoms with van der Waals surface area (Å²) in [6.45, 7) is 6.50. The van der Waals surface area contributed by atoms with E-state index in [-0.39, 0.29) is 0 Å². The Morgan fingerprint density at radius 1 is 0.812 bits per heavy atom. The van der Waals surface area contributed by atoms with E-state index in [0.29, 0.717) is 0 Å². The van der Waals surface area contributed by atoms with Gasteiger partial charge in [-0.15, -0.1) is 0 Å². The van der Waals surface area contributed by atoms with Crippen LogP contribution in [0.3, 0.4) is 0 Å². The molecule has 2 bridgehead atoms. The first-order chi connectivity index (χ1) is 7.85. The van der Waals surface area contributed by atoms with Crippen LogP contribution in [-0.4, -0.2) is 24.5 Å². The lowest BCUT2D eigenvalue weighted by atomic mass is 9.69. The smallest absolute Gasteiger partial charge is 0.00134 e. The van der Waals surface area contributed by atoms with Crippen molar-refractivity contribution in [3.05, 3.63) is 0 Å². The molecule has 0 atom stereocenters. The minimum atomic E-state index is 0.791. The van der Waals surface area contributed by atoms with Gasteiger partial charge in [-0.25, -0.2) is 0 Å². The van der Waals surface area contributed by atoms with Crippen LogP contribution in [-0.2, 0) is 0 Å². The summed E-state index contributed by atoms with van der Waals surface area (Å²) in [7, 11) is 0. The fraction of sp³-hybridized carbons (Fsp3) is 1.00. The molecule has 3 rings (SSSR count). The van der Waals surface area contributed by atoms with Crippen LogP contribution in [0, 0.1) is 5.41 Å². The Labute approximate surface area is 102 Å². The maximum atomic E-state index is 2.66. The molecule has 1 heteroatoms. The SMILES string of the molecule is CCCCCCCCC12CCN(CC1)CC2. The zero-order valence-corrected chi connectivity index (χ0v) is 11.1. The molecule has 0 radical (unpaired) electrons. The van der Waals surface area contributed by atoms with Crippen LogP contribution in [0.4, 0.5) is 0 Å². The van der Waals surface area contributed by atoms with E-state index >= 15 is 0 Å². The lowest BCUT2D eigenvalue weighted by Gasteiger charge is -2.48. The van der Waals surface area contributed by atoms with Crippen molar-refractivity contribution in [2.45, 2.75) is 71.1 Å². The van der Waals surface area contributed by atoms with Crippen molar-refractivity contribution >= 4 is 0 Å². The van der Waals surface area contributed by atoms with E-state index in [1.165, 1.54) is 83.8 Å². The van der Waals surface area contributed by atoms with Crippen molar-refractivity contribution < 1.29 is 0 Å². The first kappa shape index (κ1) is 12.4. The fourth-order valence-corrected chi connectivity index (χ4v) is 3.55. The number of piperidine rings is 3. The molecule has 0 spiro atoms. The maximum Gasteiger partial charge on any atom is -0.00134 e. The summed E-state index contributed by atoms with van der Waals surface area (Å²) in [4.78, 5) is 2.66. The average molecular weight is 223 g/mol. The highest BCUT2D eigenvalue weighted by atomic mass is 15.1. The molecule has 3 saturated heterocycles. The molecule has 0 saturated carbocycles. The Kier molecular flexibility index (Phi) is 4.69. The van der Waals surface area contributed by atoms with Gasteiger partial charge in [0.05, 0.1) is 0 Å². The van der Waals surface area contributed by atoms with Crippen LogP contribution < -0.4 is 0 Å². The largest absolute Gasteiger partial charge is 0.303 e. The lowest BCUT2D eigenvalue weighted by Crippen LogP contribution is -2.48. The molecule has 0 aromatic heterocycles. The van der Waals surface area contributed by atoms with E-state index in [9.17, 15) is 0 Å². The summed E-state index contributed by atoms with van der Waals surface area (Å²) in [5.41, 5.74) is 0.791. The second kappa shape index (κ2) is 6.05. The topological polar surface area (TPSA) is 3.24 Å². The number of rotatable bonds is 7. The minimum absolute atomic E-state index is 0.791. The molecule has 3 aliphatic heterocycles. The van der Waals surface area contributed by atoms with Crippen molar-refractivity contribution in [3.8, 4) is 0 Å². The number of unbranched alkanes of at least 4 members (excludes halogenated alkanes) is 5. The van der Waals surface area contributed by atoms with Crippen molar-refractivity contribution in [3.63, 3.8) is 0 Å². The van der Waals surface area contributed by atoms with E-state index in [2.05, 4.69) is 11.8 Å². The summed E-state index contributed by atoms with van der Waals surface area (Å²) < 4.78 is 0. The molecule has 3 heterocycles. The van der Waals surface area contributed by atoms with Crippen LogP contribution in [0.15, 0.2) is 0 Å². The van der Waals surface area contributed by atoms with Crippen molar-refractivity contribution in [2.75, 3.05) is 19.6 Å². The molecule has 1 nitrogen and oxygen atoms in total. The van der Waals surface area contributed by atoms with Gasteiger partial charge in [-0.1, -0.05) is 45.4 Å². The molecule has 0 aliphatic carbocycles. The summed E-state index contributed by atoms with van der Waals surface area (Å²) >= 11 is 0. The molecule has 0 aromatic rings. The van der Waals surface area contributed by atoms with Gasteiger partial charge in [0.1, 0.15) is 0 Å². The monoisotopic (exact) mass is 223 g/mol. The Bertz CT molecular complexity index is 178. The van der Waals surface area contributed by atoms with Gasteiger partial charge in [0.2, 0.25) is 0 Å². The molecule has 3 fully saturated rings. The summed E-state index contributed by atoms with van der Waals surface area (Å²) in [6.07, 6.45) is 14.8. The van der Waals surface area contributed by atoms with Crippen LogP contribution in [0.2, 0.25) is 0 Å². The molecular formula is C15H29N. The van der Waals surface area contributed by atoms with Gasteiger partial charge >= 0.3 is 0 Å². The third kappa shape index (κ3) is 3.23. The van der Waals surface area contributed by atoms with E-state index < -0.39 is 0 Å². The van der Waals surface area contributed by atoms with Gasteiger partial charge in [0.15, 0.2) is 0 Å². The first-order valence-corrected chi connectivity index (χ1v) is 7.57. The van der Waals surface area contributed by atoms with E-state index in [0.717, 1.165) is 5.41 Å². The third-order valence-electron chi connectivity index (χ3n) is 4.94. The van der Waals surface area contributed by atoms with Crippen molar-refractivity contribution in [2.24, 2.45) is 5.41 Å². The molecule has 0 aromatic carbocycles. The zero-order chi connectivity index (χ0) is 11.3. The standard InChI is InChI=1S/C15H29N/c1-2-3-4-5-6-7-8-15-9-12-16(13-10-15)14-11-15/h2-14H2,1H3. The Balaban J connectivity index is 1.58. The normalized spacial score (nSPS) is 33.2. The van der Waals surface area contributed by atoms with E-state index in [1.807, 2.05) is 0 Å². The Morgan fingerprint density at radius 3 is 2.00 bits per heavy atom. The maximum absolute atomic E-state index is 2.66. The van der Waals surface area contributed by atoms with Gasteiger partial charge < -0.3 is 4.90 Å². The Morgan fingerprint density at radius 2 is 1.38 bits per heavy atom. The average Bonchev–Trinajstić information content (AvgIpc) is 2.36. The van der Waals surface area contributed by atoms with Crippen LogP contribution in [0.1, 0.15) is 71.1 Å². The molecule has 94 valence electrons. The molecular weight excluding hydrogens is 194 g/mol. The Hall–Kier alpha value is -0.0400. The highest BCUT2D eigenvalue weighted by Gasteiger charge is 2.38. The van der Waals surface area contributed by atoms with Gasteiger partial charge in [-0.2, -0.15) is 0 Å². The number of fused-ring (bicyclic) bond motifs is 3. The van der Waals surface area contributed by atoms with Crippen LogP contribution in [0.25, 0.3) is 0 Å². The van der Waals surface area contributed by atoms with Gasteiger partial charge in [0.25, 0.3) is 0 Å². The quantitative estimate of drug-likeness (QED) is 0.584. The second-order valence-corrected chi connectivity index (χ2v) is 6.11. The zero-order valence-electron chi connectivity index (χ0n) is 11.1. The number of hydrogen-bond acceptors (Lipinski definition) is 1. The second-order valence-electron chi connectivity index (χ2n) is 6.11. The fourth-order valence-electron chi connectivity index (χ4n) is 3.55. The minimum Gasteiger partial charge on any atom is -0.303 e. The molecule has 0 N–H and O–H groups in total. The summed E-state index contributed by atoms with van der Waals surface area (Å²) in [6, 6.07) is 0. The predicted molar refractivity (Wildman–Crippen MR) is 70.7 cm³/mol. The van der Waals surface area contributed by atoms with Crippen molar-refractivity contribution in [1.29, 1.82) is 0 Å². The summed E-state index contributed by atoms with van der Waals surface area (Å²) in [5, 5.41) is 0. The van der Waals surface area contributed by atoms with E-state index in [4.69, 9.17) is 0 Å². The molecule has 0 amide bonds. The van der Waals surface area contributed by atoms with Crippen LogP contribution >= 0.6 is 0 Å². The van der Waals surface area contributed by atoms with Crippen molar-refractivity contribution in [1.82, 2.24) is 4.90 Å². The van der Waals surface area contributed by atoms with Crippen LogP contribution in [0.5, 0.6) is 0 Å². The first-order valence-electron chi connectivity index (χ1n) is 7.57. The highest BCUT2D eigenvalue weighted by molar-refractivity contribution is 4.91. The van der Waals surface area contributed by atoms with Gasteiger partial charge in [-0.3, -0.25) is 0 Å².